The first-order valence-corrected chi connectivity index (χ1v) is 8.96. The molecule has 4 rings (SSSR count). The van der Waals surface area contributed by atoms with Crippen molar-refractivity contribution in [2.45, 2.75) is 19.3 Å². The molecule has 0 bridgehead atoms. The van der Waals surface area contributed by atoms with E-state index in [0.29, 0.717) is 6.42 Å². The Bertz CT molecular complexity index is 738. The van der Waals surface area contributed by atoms with E-state index in [-0.39, 0.29) is 17.1 Å². The number of carbonyl (C=O) groups excluding carboxylic acids is 1. The first-order valence-electron chi connectivity index (χ1n) is 8.96. The van der Waals surface area contributed by atoms with Gasteiger partial charge >= 0.3 is 0 Å². The highest BCUT2D eigenvalue weighted by Crippen LogP contribution is 2.41. The van der Waals surface area contributed by atoms with E-state index in [9.17, 15) is 9.18 Å². The van der Waals surface area contributed by atoms with Crippen LogP contribution in [-0.2, 0) is 11.2 Å². The molecule has 1 spiro atoms. The summed E-state index contributed by atoms with van der Waals surface area (Å²) in [5.41, 5.74) is 2.34. The van der Waals surface area contributed by atoms with Crippen LogP contribution in [0.4, 0.5) is 10.1 Å². The molecule has 25 heavy (non-hydrogen) atoms. The number of carbonyl (C=O) groups is 1. The lowest BCUT2D eigenvalue weighted by molar-refractivity contribution is -0.119. The second-order valence-electron chi connectivity index (χ2n) is 7.43. The number of rotatable bonds is 5. The summed E-state index contributed by atoms with van der Waals surface area (Å²) in [5.74, 6) is 0.0690. The smallest absolute Gasteiger partial charge is 0.227 e. The van der Waals surface area contributed by atoms with Crippen LogP contribution in [0.1, 0.15) is 18.4 Å². The van der Waals surface area contributed by atoms with Crippen molar-refractivity contribution < 1.29 is 9.18 Å². The molecular formula is C21H23FN2O. The lowest BCUT2D eigenvalue weighted by Gasteiger charge is -2.47. The number of aryl methyl sites for hydroxylation is 1. The molecule has 0 unspecified atom stereocenters. The van der Waals surface area contributed by atoms with E-state index in [2.05, 4.69) is 4.90 Å². The van der Waals surface area contributed by atoms with Crippen LogP contribution in [0.25, 0.3) is 0 Å². The summed E-state index contributed by atoms with van der Waals surface area (Å²) in [6.45, 7) is 3.89. The molecule has 2 aliphatic heterocycles. The molecule has 2 aromatic rings. The number of amides is 1. The van der Waals surface area contributed by atoms with E-state index in [1.165, 1.54) is 17.7 Å². The van der Waals surface area contributed by atoms with Gasteiger partial charge in [-0.3, -0.25) is 4.79 Å². The monoisotopic (exact) mass is 338 g/mol. The molecule has 0 aliphatic carbocycles. The molecule has 2 aliphatic rings. The molecule has 0 aromatic heterocycles. The number of halogens is 1. The normalized spacial score (nSPS) is 19.4. The minimum atomic E-state index is -0.178. The van der Waals surface area contributed by atoms with Crippen molar-refractivity contribution in [3.63, 3.8) is 0 Å². The Hall–Kier alpha value is -2.20. The van der Waals surface area contributed by atoms with E-state index in [1.54, 1.807) is 0 Å². The Kier molecular flexibility index (Phi) is 4.30. The third kappa shape index (κ3) is 3.45. The van der Waals surface area contributed by atoms with E-state index < -0.39 is 0 Å². The molecule has 4 heteroatoms. The predicted molar refractivity (Wildman–Crippen MR) is 97.0 cm³/mol. The van der Waals surface area contributed by atoms with Crippen LogP contribution in [0, 0.1) is 11.2 Å². The Morgan fingerprint density at radius 3 is 2.40 bits per heavy atom. The van der Waals surface area contributed by atoms with E-state index in [1.807, 2.05) is 47.4 Å². The number of para-hydroxylation sites is 1. The van der Waals surface area contributed by atoms with Gasteiger partial charge in [-0.05, 0) is 49.2 Å². The van der Waals surface area contributed by atoms with E-state index >= 15 is 0 Å². The molecule has 3 nitrogen and oxygen atoms in total. The Labute approximate surface area is 148 Å². The van der Waals surface area contributed by atoms with Crippen LogP contribution in [-0.4, -0.2) is 37.0 Å². The fourth-order valence-electron chi connectivity index (χ4n) is 4.17. The van der Waals surface area contributed by atoms with Crippen LogP contribution >= 0.6 is 0 Å². The highest BCUT2D eigenvalue weighted by Gasteiger charge is 2.51. The lowest BCUT2D eigenvalue weighted by atomic mass is 9.79. The average Bonchev–Trinajstić information content (AvgIpc) is 2.94. The molecule has 0 radical (unpaired) electrons. The fraction of sp³-hybridized carbons (Fsp3) is 0.381. The third-order valence-corrected chi connectivity index (χ3v) is 5.36. The highest BCUT2D eigenvalue weighted by molar-refractivity contribution is 5.96. The molecule has 2 heterocycles. The molecule has 1 amide bonds. The number of benzene rings is 2. The summed E-state index contributed by atoms with van der Waals surface area (Å²) in [4.78, 5) is 16.8. The summed E-state index contributed by atoms with van der Waals surface area (Å²) in [6.07, 6.45) is 2.70. The van der Waals surface area contributed by atoms with Crippen LogP contribution < -0.4 is 4.90 Å². The second kappa shape index (κ2) is 6.60. The van der Waals surface area contributed by atoms with Crippen molar-refractivity contribution >= 4 is 11.6 Å². The van der Waals surface area contributed by atoms with Crippen LogP contribution in [0.5, 0.6) is 0 Å². The number of hydrogen-bond acceptors (Lipinski definition) is 2. The third-order valence-electron chi connectivity index (χ3n) is 5.36. The maximum atomic E-state index is 12.9. The zero-order valence-corrected chi connectivity index (χ0v) is 14.3. The Morgan fingerprint density at radius 1 is 0.960 bits per heavy atom. The lowest BCUT2D eigenvalue weighted by Crippen LogP contribution is -2.57. The molecule has 2 aromatic carbocycles. The zero-order chi connectivity index (χ0) is 17.3. The van der Waals surface area contributed by atoms with Crippen molar-refractivity contribution in [3.8, 4) is 0 Å². The molecular weight excluding hydrogens is 315 g/mol. The maximum Gasteiger partial charge on any atom is 0.227 e. The SMILES string of the molecule is O=C1CC2(CN(CCCc3ccc(F)cc3)C2)CN1c1ccccc1. The molecule has 130 valence electrons. The summed E-state index contributed by atoms with van der Waals surface area (Å²) in [6, 6.07) is 16.7. The van der Waals surface area contributed by atoms with Gasteiger partial charge in [0.25, 0.3) is 0 Å². The summed E-state index contributed by atoms with van der Waals surface area (Å²) in [7, 11) is 0. The van der Waals surface area contributed by atoms with Gasteiger partial charge in [0.1, 0.15) is 5.82 Å². The van der Waals surface area contributed by atoms with Crippen LogP contribution in [0.2, 0.25) is 0 Å². The van der Waals surface area contributed by atoms with Gasteiger partial charge in [-0.15, -0.1) is 0 Å². The van der Waals surface area contributed by atoms with E-state index in [4.69, 9.17) is 0 Å². The first kappa shape index (κ1) is 16.3. The van der Waals surface area contributed by atoms with Gasteiger partial charge in [-0.2, -0.15) is 0 Å². The van der Waals surface area contributed by atoms with E-state index in [0.717, 1.165) is 44.7 Å². The standard InChI is InChI=1S/C21H23FN2O/c22-18-10-8-17(9-11-18)5-4-12-23-14-21(15-23)13-20(25)24(16-21)19-6-2-1-3-7-19/h1-3,6-11H,4-5,12-16H2. The summed E-state index contributed by atoms with van der Waals surface area (Å²) < 4.78 is 12.9. The quantitative estimate of drug-likeness (QED) is 0.833. The predicted octanol–water partition coefficient (Wildman–Crippen LogP) is 3.50. The topological polar surface area (TPSA) is 23.6 Å². The highest BCUT2D eigenvalue weighted by atomic mass is 19.1. The molecule has 0 atom stereocenters. The number of likely N-dealkylation sites (tertiary alicyclic amines) is 1. The Balaban J connectivity index is 1.26. The summed E-state index contributed by atoms with van der Waals surface area (Å²) in [5, 5.41) is 0. The number of anilines is 1. The van der Waals surface area contributed by atoms with Crippen molar-refractivity contribution in [2.24, 2.45) is 5.41 Å². The average molecular weight is 338 g/mol. The van der Waals surface area contributed by atoms with Gasteiger partial charge < -0.3 is 9.80 Å². The minimum Gasteiger partial charge on any atom is -0.312 e. The molecule has 2 saturated heterocycles. The minimum absolute atomic E-state index is 0.142. The van der Waals surface area contributed by atoms with Gasteiger partial charge in [-0.25, -0.2) is 4.39 Å². The molecule has 0 saturated carbocycles. The largest absolute Gasteiger partial charge is 0.312 e. The maximum absolute atomic E-state index is 12.9. The van der Waals surface area contributed by atoms with Gasteiger partial charge in [0.05, 0.1) is 0 Å². The Morgan fingerprint density at radius 2 is 1.68 bits per heavy atom. The summed E-state index contributed by atoms with van der Waals surface area (Å²) >= 11 is 0. The van der Waals surface area contributed by atoms with Crippen molar-refractivity contribution in [1.82, 2.24) is 4.90 Å². The molecule has 0 N–H and O–H groups in total. The van der Waals surface area contributed by atoms with Crippen molar-refractivity contribution in [3.05, 3.63) is 66.0 Å². The van der Waals surface area contributed by atoms with Gasteiger partial charge in [0.15, 0.2) is 0 Å². The molecule has 2 fully saturated rings. The van der Waals surface area contributed by atoms with Crippen LogP contribution in [0.15, 0.2) is 54.6 Å². The zero-order valence-electron chi connectivity index (χ0n) is 14.3. The van der Waals surface area contributed by atoms with Gasteiger partial charge in [0.2, 0.25) is 5.91 Å². The number of hydrogen-bond donors (Lipinski definition) is 0. The van der Waals surface area contributed by atoms with Gasteiger partial charge in [0, 0.05) is 37.2 Å². The van der Waals surface area contributed by atoms with Gasteiger partial charge in [-0.1, -0.05) is 30.3 Å². The van der Waals surface area contributed by atoms with Crippen molar-refractivity contribution in [2.75, 3.05) is 31.1 Å². The first-order chi connectivity index (χ1) is 12.1. The van der Waals surface area contributed by atoms with Crippen LogP contribution in [0.3, 0.4) is 0 Å². The number of nitrogens with zero attached hydrogens (tertiary/aromatic N) is 2. The van der Waals surface area contributed by atoms with Crippen molar-refractivity contribution in [1.29, 1.82) is 0 Å². The second-order valence-corrected chi connectivity index (χ2v) is 7.43. The fourth-order valence-corrected chi connectivity index (χ4v) is 4.17.